The monoisotopic (exact) mass is 561 g/mol. The van der Waals surface area contributed by atoms with Crippen molar-refractivity contribution in [1.29, 1.82) is 0 Å². The molecule has 0 bridgehead atoms. The molecule has 3 aliphatic rings. The number of fused-ring (bicyclic) bond motifs is 1. The highest BCUT2D eigenvalue weighted by atomic mass is 35.5. The van der Waals surface area contributed by atoms with E-state index < -0.39 is 23.9 Å². The van der Waals surface area contributed by atoms with E-state index in [9.17, 15) is 19.2 Å². The molecule has 1 aliphatic carbocycles. The van der Waals surface area contributed by atoms with Gasteiger partial charge in [-0.3, -0.25) is 14.4 Å². The summed E-state index contributed by atoms with van der Waals surface area (Å²) < 4.78 is 5.10. The summed E-state index contributed by atoms with van der Waals surface area (Å²) in [5.41, 5.74) is 0.942. The lowest BCUT2D eigenvalue weighted by atomic mass is 9.85. The van der Waals surface area contributed by atoms with Crippen molar-refractivity contribution in [2.24, 2.45) is 0 Å². The van der Waals surface area contributed by atoms with Crippen LogP contribution in [0.1, 0.15) is 39.6 Å². The largest absolute Gasteiger partial charge is 0.448 e. The van der Waals surface area contributed by atoms with E-state index in [1.165, 1.54) is 23.6 Å². The number of amides is 4. The van der Waals surface area contributed by atoms with Crippen molar-refractivity contribution in [3.05, 3.63) is 38.9 Å². The van der Waals surface area contributed by atoms with Gasteiger partial charge in [-0.2, -0.15) is 0 Å². The van der Waals surface area contributed by atoms with E-state index in [2.05, 4.69) is 30.8 Å². The maximum absolute atomic E-state index is 13.2. The number of halogens is 1. The van der Waals surface area contributed by atoms with E-state index in [1.54, 1.807) is 11.0 Å². The third kappa shape index (κ3) is 5.89. The van der Waals surface area contributed by atoms with Crippen LogP contribution < -0.4 is 16.0 Å². The van der Waals surface area contributed by atoms with E-state index in [-0.39, 0.29) is 23.9 Å². The lowest BCUT2D eigenvalue weighted by Crippen LogP contribution is -2.59. The number of likely N-dealkylation sites (N-methyl/N-ethyl adjacent to an activating group) is 1. The summed E-state index contributed by atoms with van der Waals surface area (Å²) in [7, 11) is 2.03. The SMILES string of the molecule is CN1CCc2nc(C(=O)N[C@@H]3CC(N4CCOC4=O)CC[C@@H]3NC(=O)C(=O)Nc3ccc(Cl)cn3)sc2C1. The molecule has 0 aromatic carbocycles. The number of carbonyl (C=O) groups excluding carboxylic acids is 4. The van der Waals surface area contributed by atoms with Gasteiger partial charge >= 0.3 is 17.9 Å². The van der Waals surface area contributed by atoms with Gasteiger partial charge in [-0.25, -0.2) is 14.8 Å². The fourth-order valence-corrected chi connectivity index (χ4v) is 6.21. The number of aromatic nitrogens is 2. The number of nitrogens with one attached hydrogen (secondary N) is 3. The molecule has 2 fully saturated rings. The van der Waals surface area contributed by atoms with E-state index in [4.69, 9.17) is 16.3 Å². The first-order valence-corrected chi connectivity index (χ1v) is 13.6. The molecule has 202 valence electrons. The van der Waals surface area contributed by atoms with Gasteiger partial charge in [0, 0.05) is 42.7 Å². The predicted molar refractivity (Wildman–Crippen MR) is 139 cm³/mol. The molecule has 4 heterocycles. The number of rotatable bonds is 5. The molecule has 2 aromatic rings. The number of hydrogen-bond donors (Lipinski definition) is 3. The van der Waals surface area contributed by atoms with Crippen molar-refractivity contribution >= 4 is 52.6 Å². The second-order valence-corrected chi connectivity index (χ2v) is 11.1. The molecule has 1 saturated heterocycles. The van der Waals surface area contributed by atoms with E-state index >= 15 is 0 Å². The predicted octanol–water partition coefficient (Wildman–Crippen LogP) is 1.41. The smallest absolute Gasteiger partial charge is 0.410 e. The molecule has 4 amide bonds. The highest BCUT2D eigenvalue weighted by Crippen LogP contribution is 2.28. The molecule has 3 atom stereocenters. The molecule has 1 unspecified atom stereocenters. The van der Waals surface area contributed by atoms with Gasteiger partial charge in [0.05, 0.1) is 23.3 Å². The van der Waals surface area contributed by atoms with Crippen molar-refractivity contribution < 1.29 is 23.9 Å². The zero-order valence-corrected chi connectivity index (χ0v) is 22.3. The van der Waals surface area contributed by atoms with Gasteiger partial charge in [0.15, 0.2) is 5.01 Å². The van der Waals surface area contributed by atoms with Gasteiger partial charge in [0.25, 0.3) is 5.91 Å². The van der Waals surface area contributed by atoms with Crippen LogP contribution in [0.4, 0.5) is 10.6 Å². The maximum Gasteiger partial charge on any atom is 0.410 e. The number of nitrogens with zero attached hydrogens (tertiary/aromatic N) is 4. The second-order valence-electron chi connectivity index (χ2n) is 9.63. The van der Waals surface area contributed by atoms with Crippen molar-refractivity contribution in [3.8, 4) is 0 Å². The molecule has 38 heavy (non-hydrogen) atoms. The fraction of sp³-hybridized carbons (Fsp3) is 0.500. The minimum atomic E-state index is -0.883. The van der Waals surface area contributed by atoms with E-state index in [0.29, 0.717) is 42.4 Å². The summed E-state index contributed by atoms with van der Waals surface area (Å²) in [6.07, 6.45) is 3.21. The van der Waals surface area contributed by atoms with E-state index in [1.807, 2.05) is 7.05 Å². The summed E-state index contributed by atoms with van der Waals surface area (Å²) in [5.74, 6) is -1.88. The van der Waals surface area contributed by atoms with Crippen LogP contribution in [0.25, 0.3) is 0 Å². The first kappa shape index (κ1) is 26.3. The molecule has 2 aliphatic heterocycles. The van der Waals surface area contributed by atoms with E-state index in [0.717, 1.165) is 30.1 Å². The highest BCUT2D eigenvalue weighted by molar-refractivity contribution is 7.13. The molecular formula is C24H28ClN7O5S. The van der Waals surface area contributed by atoms with Gasteiger partial charge in [-0.1, -0.05) is 11.6 Å². The summed E-state index contributed by atoms with van der Waals surface area (Å²) in [6.45, 7) is 2.43. The zero-order chi connectivity index (χ0) is 26.8. The lowest BCUT2D eigenvalue weighted by molar-refractivity contribution is -0.136. The number of thiazole rings is 1. The van der Waals surface area contributed by atoms with Crippen molar-refractivity contribution in [3.63, 3.8) is 0 Å². The van der Waals surface area contributed by atoms with Crippen molar-refractivity contribution in [1.82, 2.24) is 30.4 Å². The summed E-state index contributed by atoms with van der Waals surface area (Å²) in [6, 6.07) is 1.83. The van der Waals surface area contributed by atoms with Crippen LogP contribution in [0.2, 0.25) is 5.02 Å². The lowest BCUT2D eigenvalue weighted by Gasteiger charge is -2.39. The Hall–Kier alpha value is -3.29. The topological polar surface area (TPSA) is 146 Å². The van der Waals surface area contributed by atoms with Crippen LogP contribution in [-0.4, -0.2) is 88.5 Å². The average Bonchev–Trinajstić information content (AvgIpc) is 3.52. The Labute approximate surface area is 228 Å². The number of ether oxygens (including phenoxy) is 1. The second kappa shape index (κ2) is 11.2. The molecule has 1 saturated carbocycles. The quantitative estimate of drug-likeness (QED) is 0.464. The number of cyclic esters (lactones) is 1. The Morgan fingerprint density at radius 1 is 1.13 bits per heavy atom. The Morgan fingerprint density at radius 2 is 1.97 bits per heavy atom. The van der Waals surface area contributed by atoms with Crippen LogP contribution in [0, 0.1) is 0 Å². The molecule has 12 nitrogen and oxygen atoms in total. The fourth-order valence-electron chi connectivity index (χ4n) is 5.01. The highest BCUT2D eigenvalue weighted by Gasteiger charge is 2.39. The number of anilines is 1. The molecule has 0 spiro atoms. The number of pyridine rings is 1. The maximum atomic E-state index is 13.2. The average molecular weight is 562 g/mol. The Kier molecular flexibility index (Phi) is 7.77. The third-order valence-electron chi connectivity index (χ3n) is 6.98. The Bertz CT molecular complexity index is 1240. The Morgan fingerprint density at radius 3 is 2.71 bits per heavy atom. The molecule has 14 heteroatoms. The molecule has 2 aromatic heterocycles. The molecule has 0 radical (unpaired) electrons. The van der Waals surface area contributed by atoms with Gasteiger partial charge in [0.1, 0.15) is 12.4 Å². The first-order valence-electron chi connectivity index (χ1n) is 12.4. The third-order valence-corrected chi connectivity index (χ3v) is 8.28. The summed E-state index contributed by atoms with van der Waals surface area (Å²) in [4.78, 5) is 64.1. The number of hydrogen-bond acceptors (Lipinski definition) is 9. The summed E-state index contributed by atoms with van der Waals surface area (Å²) >= 11 is 7.19. The molecular weight excluding hydrogens is 534 g/mol. The first-order chi connectivity index (χ1) is 18.3. The minimum absolute atomic E-state index is 0.159. The van der Waals surface area contributed by atoms with Crippen LogP contribution in [0.3, 0.4) is 0 Å². The summed E-state index contributed by atoms with van der Waals surface area (Å²) in [5, 5.41) is 8.98. The number of carbonyl (C=O) groups is 4. The molecule has 5 rings (SSSR count). The van der Waals surface area contributed by atoms with Gasteiger partial charge in [-0.15, -0.1) is 11.3 Å². The van der Waals surface area contributed by atoms with Crippen LogP contribution in [-0.2, 0) is 27.3 Å². The Balaban J connectivity index is 1.28. The normalized spacial score (nSPS) is 23.4. The van der Waals surface area contributed by atoms with Crippen molar-refractivity contribution in [2.75, 3.05) is 32.1 Å². The van der Waals surface area contributed by atoms with Crippen LogP contribution >= 0.6 is 22.9 Å². The van der Waals surface area contributed by atoms with Crippen LogP contribution in [0.15, 0.2) is 18.3 Å². The minimum Gasteiger partial charge on any atom is -0.448 e. The van der Waals surface area contributed by atoms with Gasteiger partial charge in [0.2, 0.25) is 0 Å². The van der Waals surface area contributed by atoms with Gasteiger partial charge < -0.3 is 30.5 Å². The zero-order valence-electron chi connectivity index (χ0n) is 20.7. The molecule has 3 N–H and O–H groups in total. The van der Waals surface area contributed by atoms with Crippen LogP contribution in [0.5, 0.6) is 0 Å². The standard InChI is InChI=1S/C24H28ClN7O5S/c1-31-7-6-16-18(12-31)38-23(29-16)22(35)28-17-10-14(32-8-9-37-24(32)36)3-4-15(17)27-20(33)21(34)30-19-5-2-13(25)11-26-19/h2,5,11,14-15,17H,3-4,6-10,12H2,1H3,(H,27,33)(H,28,35)(H,26,30,34)/t14?,15-,17+/m0/s1. The van der Waals surface area contributed by atoms with Gasteiger partial charge in [-0.05, 0) is 38.4 Å². The van der Waals surface area contributed by atoms with Crippen molar-refractivity contribution in [2.45, 2.75) is 50.4 Å².